The number of rotatable bonds is 9. The van der Waals surface area contributed by atoms with E-state index < -0.39 is 0 Å². The summed E-state index contributed by atoms with van der Waals surface area (Å²) in [6.45, 7) is 11.5. The Labute approximate surface area is 140 Å². The predicted octanol–water partition coefficient (Wildman–Crippen LogP) is 3.20. The minimum absolute atomic E-state index is 0.597. The van der Waals surface area contributed by atoms with Gasteiger partial charge in [-0.3, -0.25) is 0 Å². The lowest BCUT2D eigenvalue weighted by Crippen LogP contribution is -2.38. The minimum Gasteiger partial charge on any atom is -0.493 e. The third-order valence-corrected chi connectivity index (χ3v) is 3.31. The summed E-state index contributed by atoms with van der Waals surface area (Å²) < 4.78 is 10.9. The molecule has 0 atom stereocenters. The summed E-state index contributed by atoms with van der Waals surface area (Å²) in [5, 5.41) is 6.64. The van der Waals surface area contributed by atoms with E-state index in [1.807, 2.05) is 25.1 Å². The van der Waals surface area contributed by atoms with Crippen molar-refractivity contribution >= 4 is 5.96 Å². The largest absolute Gasteiger partial charge is 0.493 e. The zero-order valence-electron chi connectivity index (χ0n) is 15.1. The molecule has 0 aliphatic carbocycles. The van der Waals surface area contributed by atoms with E-state index >= 15 is 0 Å². The van der Waals surface area contributed by atoms with Gasteiger partial charge in [0.05, 0.1) is 20.3 Å². The molecule has 0 amide bonds. The summed E-state index contributed by atoms with van der Waals surface area (Å²) in [6, 6.07) is 5.94. The third kappa shape index (κ3) is 7.26. The quantitative estimate of drug-likeness (QED) is 0.542. The number of aliphatic imine (C=N–C) groups is 1. The maximum Gasteiger partial charge on any atom is 0.191 e. The molecule has 0 bridgehead atoms. The molecule has 0 heterocycles. The fourth-order valence-electron chi connectivity index (χ4n) is 2.08. The molecule has 1 aromatic rings. The molecule has 0 radical (unpaired) electrons. The van der Waals surface area contributed by atoms with Gasteiger partial charge in [0, 0.05) is 13.1 Å². The molecule has 0 aliphatic heterocycles. The second kappa shape index (κ2) is 10.8. The van der Waals surface area contributed by atoms with Gasteiger partial charge in [0.25, 0.3) is 0 Å². The Bertz CT molecular complexity index is 487. The van der Waals surface area contributed by atoms with Gasteiger partial charge in [-0.15, -0.1) is 0 Å². The molecule has 0 unspecified atom stereocenters. The monoisotopic (exact) mass is 321 g/mol. The first-order valence-corrected chi connectivity index (χ1v) is 8.42. The van der Waals surface area contributed by atoms with E-state index in [9.17, 15) is 0 Å². The van der Waals surface area contributed by atoms with Gasteiger partial charge in [-0.05, 0) is 43.9 Å². The first-order chi connectivity index (χ1) is 11.1. The Balaban J connectivity index is 2.70. The zero-order valence-corrected chi connectivity index (χ0v) is 15.1. The van der Waals surface area contributed by atoms with E-state index in [0.717, 1.165) is 42.5 Å². The number of hydrogen-bond donors (Lipinski definition) is 2. The third-order valence-electron chi connectivity index (χ3n) is 3.31. The van der Waals surface area contributed by atoms with Crippen molar-refractivity contribution in [1.82, 2.24) is 10.6 Å². The van der Waals surface area contributed by atoms with Gasteiger partial charge in [0.15, 0.2) is 17.5 Å². The van der Waals surface area contributed by atoms with Gasteiger partial charge in [0.2, 0.25) is 0 Å². The van der Waals surface area contributed by atoms with E-state index in [1.54, 1.807) is 7.11 Å². The summed E-state index contributed by atoms with van der Waals surface area (Å²) in [7, 11) is 1.66. The molecule has 1 rings (SSSR count). The number of nitrogens with zero attached hydrogens (tertiary/aromatic N) is 1. The SMILES string of the molecule is CCNC(=NCc1ccc(OCC)c(OC)c1)NCCC(C)C. The lowest BCUT2D eigenvalue weighted by Gasteiger charge is -2.13. The van der Waals surface area contributed by atoms with E-state index in [2.05, 4.69) is 36.4 Å². The van der Waals surface area contributed by atoms with Crippen molar-refractivity contribution < 1.29 is 9.47 Å². The van der Waals surface area contributed by atoms with Crippen LogP contribution < -0.4 is 20.1 Å². The molecule has 23 heavy (non-hydrogen) atoms. The van der Waals surface area contributed by atoms with Crippen LogP contribution in [0, 0.1) is 5.92 Å². The molecular weight excluding hydrogens is 290 g/mol. The first kappa shape index (κ1) is 19.1. The highest BCUT2D eigenvalue weighted by atomic mass is 16.5. The summed E-state index contributed by atoms with van der Waals surface area (Å²) in [6.07, 6.45) is 1.13. The molecule has 0 fully saturated rings. The van der Waals surface area contributed by atoms with Crippen molar-refractivity contribution in [2.75, 3.05) is 26.8 Å². The molecule has 0 aromatic heterocycles. The van der Waals surface area contributed by atoms with E-state index in [1.165, 1.54) is 0 Å². The van der Waals surface area contributed by atoms with Gasteiger partial charge in [-0.2, -0.15) is 0 Å². The van der Waals surface area contributed by atoms with Crippen LogP contribution in [0.2, 0.25) is 0 Å². The Morgan fingerprint density at radius 1 is 1.17 bits per heavy atom. The molecule has 0 saturated carbocycles. The van der Waals surface area contributed by atoms with Gasteiger partial charge < -0.3 is 20.1 Å². The number of methoxy groups -OCH3 is 1. The van der Waals surface area contributed by atoms with Crippen LogP contribution in [0.4, 0.5) is 0 Å². The summed E-state index contributed by atoms with van der Waals surface area (Å²) >= 11 is 0. The zero-order chi connectivity index (χ0) is 17.1. The normalized spacial score (nSPS) is 11.5. The van der Waals surface area contributed by atoms with Crippen LogP contribution in [0.15, 0.2) is 23.2 Å². The van der Waals surface area contributed by atoms with Gasteiger partial charge >= 0.3 is 0 Å². The van der Waals surface area contributed by atoms with Crippen molar-refractivity contribution in [3.8, 4) is 11.5 Å². The van der Waals surface area contributed by atoms with Crippen molar-refractivity contribution in [3.63, 3.8) is 0 Å². The Morgan fingerprint density at radius 2 is 1.96 bits per heavy atom. The molecule has 2 N–H and O–H groups in total. The second-order valence-electron chi connectivity index (χ2n) is 5.72. The number of hydrogen-bond acceptors (Lipinski definition) is 3. The Kier molecular flexibility index (Phi) is 8.95. The fourth-order valence-corrected chi connectivity index (χ4v) is 2.08. The van der Waals surface area contributed by atoms with Crippen LogP contribution in [0.3, 0.4) is 0 Å². The highest BCUT2D eigenvalue weighted by Crippen LogP contribution is 2.28. The Hall–Kier alpha value is -1.91. The molecule has 1 aromatic carbocycles. The van der Waals surface area contributed by atoms with Crippen LogP contribution in [0.25, 0.3) is 0 Å². The minimum atomic E-state index is 0.597. The van der Waals surface area contributed by atoms with E-state index in [0.29, 0.717) is 19.1 Å². The smallest absolute Gasteiger partial charge is 0.191 e. The van der Waals surface area contributed by atoms with Crippen molar-refractivity contribution in [3.05, 3.63) is 23.8 Å². The highest BCUT2D eigenvalue weighted by Gasteiger charge is 2.05. The molecule has 130 valence electrons. The second-order valence-corrected chi connectivity index (χ2v) is 5.72. The maximum atomic E-state index is 5.54. The lowest BCUT2D eigenvalue weighted by molar-refractivity contribution is 0.310. The molecule has 0 spiro atoms. The molecular formula is C18H31N3O2. The van der Waals surface area contributed by atoms with Crippen LogP contribution in [-0.4, -0.2) is 32.8 Å². The van der Waals surface area contributed by atoms with Gasteiger partial charge in [-0.1, -0.05) is 19.9 Å². The summed E-state index contributed by atoms with van der Waals surface area (Å²) in [4.78, 5) is 4.63. The van der Waals surface area contributed by atoms with E-state index in [4.69, 9.17) is 9.47 Å². The standard InChI is InChI=1S/C18H31N3O2/c1-6-19-18(20-11-10-14(3)4)21-13-15-8-9-16(23-7-2)17(12-15)22-5/h8-9,12,14H,6-7,10-11,13H2,1-5H3,(H2,19,20,21). The molecule has 5 nitrogen and oxygen atoms in total. The molecule has 0 saturated heterocycles. The van der Waals surface area contributed by atoms with Crippen LogP contribution >= 0.6 is 0 Å². The van der Waals surface area contributed by atoms with Crippen molar-refractivity contribution in [2.24, 2.45) is 10.9 Å². The average Bonchev–Trinajstić information content (AvgIpc) is 2.53. The summed E-state index contributed by atoms with van der Waals surface area (Å²) in [5.74, 6) is 3.05. The topological polar surface area (TPSA) is 54.9 Å². The number of nitrogens with one attached hydrogen (secondary N) is 2. The van der Waals surface area contributed by atoms with Crippen molar-refractivity contribution in [1.29, 1.82) is 0 Å². The van der Waals surface area contributed by atoms with Gasteiger partial charge in [-0.25, -0.2) is 4.99 Å². The predicted molar refractivity (Wildman–Crippen MR) is 96.4 cm³/mol. The van der Waals surface area contributed by atoms with Crippen molar-refractivity contribution in [2.45, 2.75) is 40.7 Å². The fraction of sp³-hybridized carbons (Fsp3) is 0.611. The maximum absolute atomic E-state index is 5.54. The number of guanidine groups is 1. The molecule has 0 aliphatic rings. The van der Waals surface area contributed by atoms with Gasteiger partial charge in [0.1, 0.15) is 0 Å². The molecule has 5 heteroatoms. The highest BCUT2D eigenvalue weighted by molar-refractivity contribution is 5.79. The lowest BCUT2D eigenvalue weighted by atomic mass is 10.1. The van der Waals surface area contributed by atoms with Crippen LogP contribution in [0.5, 0.6) is 11.5 Å². The van der Waals surface area contributed by atoms with E-state index in [-0.39, 0.29) is 0 Å². The number of ether oxygens (including phenoxy) is 2. The average molecular weight is 321 g/mol. The number of benzene rings is 1. The van der Waals surface area contributed by atoms with Crippen LogP contribution in [0.1, 0.15) is 39.7 Å². The first-order valence-electron chi connectivity index (χ1n) is 8.42. The Morgan fingerprint density at radius 3 is 2.57 bits per heavy atom. The summed E-state index contributed by atoms with van der Waals surface area (Å²) in [5.41, 5.74) is 1.09. The van der Waals surface area contributed by atoms with Crippen LogP contribution in [-0.2, 0) is 6.54 Å².